The highest BCUT2D eigenvalue weighted by atomic mass is 16.5. The highest BCUT2D eigenvalue weighted by Gasteiger charge is 2.25. The first-order chi connectivity index (χ1) is 9.24. The zero-order valence-electron chi connectivity index (χ0n) is 11.2. The minimum absolute atomic E-state index is 0.0869. The number of hydrogen-bond acceptors (Lipinski definition) is 4. The van der Waals surface area contributed by atoms with Gasteiger partial charge >= 0.3 is 0 Å². The number of ether oxygens (including phenoxy) is 1. The van der Waals surface area contributed by atoms with Crippen molar-refractivity contribution in [3.05, 3.63) is 36.4 Å². The van der Waals surface area contributed by atoms with E-state index in [0.29, 0.717) is 12.5 Å². The summed E-state index contributed by atoms with van der Waals surface area (Å²) in [5.41, 5.74) is 1.04. The van der Waals surface area contributed by atoms with E-state index in [1.54, 1.807) is 6.33 Å². The summed E-state index contributed by atoms with van der Waals surface area (Å²) in [7, 11) is 0. The van der Waals surface area contributed by atoms with Crippen molar-refractivity contribution in [3.63, 3.8) is 0 Å². The number of nitrogens with one attached hydrogen (secondary N) is 1. The van der Waals surface area contributed by atoms with Crippen LogP contribution in [-0.2, 0) is 6.54 Å². The molecule has 19 heavy (non-hydrogen) atoms. The number of hydrogen-bond donors (Lipinski definition) is 1. The molecule has 1 aromatic carbocycles. The van der Waals surface area contributed by atoms with Crippen LogP contribution in [0.15, 0.2) is 30.6 Å². The van der Waals surface area contributed by atoms with E-state index in [2.05, 4.69) is 33.9 Å². The van der Waals surface area contributed by atoms with Gasteiger partial charge in [0.25, 0.3) is 0 Å². The van der Waals surface area contributed by atoms with Gasteiger partial charge in [-0.1, -0.05) is 26.0 Å². The molecule has 2 heterocycles. The van der Waals surface area contributed by atoms with Crippen molar-refractivity contribution in [2.45, 2.75) is 26.5 Å². The van der Waals surface area contributed by atoms with Crippen molar-refractivity contribution in [2.24, 2.45) is 5.92 Å². The molecule has 0 amide bonds. The maximum atomic E-state index is 6.01. The van der Waals surface area contributed by atoms with E-state index in [-0.39, 0.29) is 6.10 Å². The van der Waals surface area contributed by atoms with Gasteiger partial charge in [-0.25, -0.2) is 0 Å². The summed E-state index contributed by atoms with van der Waals surface area (Å²) in [4.78, 5) is 0. The lowest BCUT2D eigenvalue weighted by Crippen LogP contribution is -2.26. The summed E-state index contributed by atoms with van der Waals surface area (Å²) < 4.78 is 8.09. The average molecular weight is 258 g/mol. The zero-order valence-corrected chi connectivity index (χ0v) is 11.2. The number of fused-ring (bicyclic) bond motifs is 1. The third kappa shape index (κ3) is 2.41. The molecule has 1 atom stereocenters. The second-order valence-corrected chi connectivity index (χ2v) is 5.22. The molecule has 1 aliphatic rings. The smallest absolute Gasteiger partial charge is 0.175 e. The van der Waals surface area contributed by atoms with Crippen LogP contribution in [0.2, 0.25) is 0 Å². The van der Waals surface area contributed by atoms with Gasteiger partial charge in [0.15, 0.2) is 11.9 Å². The number of anilines is 1. The van der Waals surface area contributed by atoms with Gasteiger partial charge in [-0.2, -0.15) is 0 Å². The van der Waals surface area contributed by atoms with Gasteiger partial charge in [0.05, 0.1) is 12.2 Å². The molecule has 0 aliphatic carbocycles. The molecule has 5 heteroatoms. The Morgan fingerprint density at radius 2 is 2.26 bits per heavy atom. The maximum absolute atomic E-state index is 6.01. The molecule has 0 spiro atoms. The SMILES string of the molecule is CC(C)Cn1cnnc1C1CNc2ccccc2O1. The Balaban J connectivity index is 1.83. The lowest BCUT2D eigenvalue weighted by Gasteiger charge is -2.27. The second-order valence-electron chi connectivity index (χ2n) is 5.22. The second kappa shape index (κ2) is 4.91. The topological polar surface area (TPSA) is 52.0 Å². The summed E-state index contributed by atoms with van der Waals surface area (Å²) in [5, 5.41) is 11.6. The van der Waals surface area contributed by atoms with Crippen LogP contribution in [0, 0.1) is 5.92 Å². The molecule has 1 N–H and O–H groups in total. The number of nitrogens with zero attached hydrogens (tertiary/aromatic N) is 3. The summed E-state index contributed by atoms with van der Waals surface area (Å²) >= 11 is 0. The summed E-state index contributed by atoms with van der Waals surface area (Å²) in [6.07, 6.45) is 1.69. The Labute approximate surface area is 112 Å². The summed E-state index contributed by atoms with van der Waals surface area (Å²) in [6.45, 7) is 5.98. The fourth-order valence-corrected chi connectivity index (χ4v) is 2.30. The van der Waals surface area contributed by atoms with Crippen LogP contribution in [0.5, 0.6) is 5.75 Å². The molecule has 2 aromatic rings. The van der Waals surface area contributed by atoms with Crippen LogP contribution in [-0.4, -0.2) is 21.3 Å². The average Bonchev–Trinajstić information content (AvgIpc) is 2.85. The van der Waals surface area contributed by atoms with Crippen LogP contribution in [0.1, 0.15) is 25.8 Å². The van der Waals surface area contributed by atoms with Gasteiger partial charge in [-0.15, -0.1) is 10.2 Å². The standard InChI is InChI=1S/C14H18N4O/c1-10(2)8-18-9-16-17-14(18)13-7-15-11-5-3-4-6-12(11)19-13/h3-6,9-10,13,15H,7-8H2,1-2H3. The first kappa shape index (κ1) is 12.0. The fraction of sp³-hybridized carbons (Fsp3) is 0.429. The molecule has 0 saturated heterocycles. The molecular weight excluding hydrogens is 240 g/mol. The Bertz CT molecular complexity index is 564. The van der Waals surface area contributed by atoms with Crippen LogP contribution in [0.4, 0.5) is 5.69 Å². The van der Waals surface area contributed by atoms with Crippen LogP contribution < -0.4 is 10.1 Å². The van der Waals surface area contributed by atoms with Gasteiger partial charge in [0.1, 0.15) is 12.1 Å². The summed E-state index contributed by atoms with van der Waals surface area (Å²) in [6, 6.07) is 7.96. The Kier molecular flexibility index (Phi) is 3.11. The zero-order chi connectivity index (χ0) is 13.2. The largest absolute Gasteiger partial charge is 0.478 e. The van der Waals surface area contributed by atoms with Crippen molar-refractivity contribution < 1.29 is 4.74 Å². The maximum Gasteiger partial charge on any atom is 0.175 e. The van der Waals surface area contributed by atoms with Crippen molar-refractivity contribution in [3.8, 4) is 5.75 Å². The molecule has 1 aromatic heterocycles. The van der Waals surface area contributed by atoms with Crippen molar-refractivity contribution in [2.75, 3.05) is 11.9 Å². The van der Waals surface area contributed by atoms with E-state index in [9.17, 15) is 0 Å². The number of benzene rings is 1. The number of para-hydroxylation sites is 2. The third-order valence-corrected chi connectivity index (χ3v) is 3.13. The first-order valence-corrected chi connectivity index (χ1v) is 6.61. The van der Waals surface area contributed by atoms with E-state index in [1.807, 2.05) is 24.3 Å². The predicted octanol–water partition coefficient (Wildman–Crippen LogP) is 2.48. The minimum atomic E-state index is -0.0869. The van der Waals surface area contributed by atoms with E-state index >= 15 is 0 Å². The van der Waals surface area contributed by atoms with E-state index in [0.717, 1.165) is 23.8 Å². The van der Waals surface area contributed by atoms with Crippen LogP contribution in [0.25, 0.3) is 0 Å². The van der Waals surface area contributed by atoms with Gasteiger partial charge in [0.2, 0.25) is 0 Å². The number of aromatic nitrogens is 3. The van der Waals surface area contributed by atoms with Gasteiger partial charge < -0.3 is 14.6 Å². The quantitative estimate of drug-likeness (QED) is 0.919. The summed E-state index contributed by atoms with van der Waals surface area (Å²) in [5.74, 6) is 2.31. The lowest BCUT2D eigenvalue weighted by molar-refractivity contribution is 0.193. The lowest BCUT2D eigenvalue weighted by atomic mass is 10.2. The molecule has 3 rings (SSSR count). The monoisotopic (exact) mass is 258 g/mol. The van der Waals surface area contributed by atoms with Gasteiger partial charge in [-0.3, -0.25) is 0 Å². The van der Waals surface area contributed by atoms with E-state index < -0.39 is 0 Å². The predicted molar refractivity (Wildman–Crippen MR) is 73.2 cm³/mol. The number of rotatable bonds is 3. The molecule has 0 saturated carbocycles. The molecule has 0 radical (unpaired) electrons. The minimum Gasteiger partial charge on any atom is -0.478 e. The van der Waals surface area contributed by atoms with E-state index in [4.69, 9.17) is 4.74 Å². The highest BCUT2D eigenvalue weighted by molar-refractivity contribution is 5.57. The Hall–Kier alpha value is -2.04. The molecule has 0 fully saturated rings. The fourth-order valence-electron chi connectivity index (χ4n) is 2.30. The first-order valence-electron chi connectivity index (χ1n) is 6.61. The van der Waals surface area contributed by atoms with Crippen molar-refractivity contribution in [1.29, 1.82) is 0 Å². The molecule has 1 unspecified atom stereocenters. The highest BCUT2D eigenvalue weighted by Crippen LogP contribution is 2.33. The van der Waals surface area contributed by atoms with Crippen LogP contribution in [0.3, 0.4) is 0 Å². The molecule has 0 bridgehead atoms. The molecule has 100 valence electrons. The van der Waals surface area contributed by atoms with Crippen molar-refractivity contribution >= 4 is 5.69 Å². The molecule has 1 aliphatic heterocycles. The molecular formula is C14H18N4O. The Morgan fingerprint density at radius 1 is 1.42 bits per heavy atom. The van der Waals surface area contributed by atoms with Crippen LogP contribution >= 0.6 is 0 Å². The van der Waals surface area contributed by atoms with Gasteiger partial charge in [0, 0.05) is 6.54 Å². The third-order valence-electron chi connectivity index (χ3n) is 3.13. The van der Waals surface area contributed by atoms with Crippen molar-refractivity contribution in [1.82, 2.24) is 14.8 Å². The normalized spacial score (nSPS) is 17.7. The van der Waals surface area contributed by atoms with E-state index in [1.165, 1.54) is 0 Å². The molecule has 5 nitrogen and oxygen atoms in total. The van der Waals surface area contributed by atoms with Gasteiger partial charge in [-0.05, 0) is 18.1 Å². The Morgan fingerprint density at radius 3 is 3.11 bits per heavy atom.